The second kappa shape index (κ2) is 8.46. The van der Waals surface area contributed by atoms with Crippen LogP contribution in [0.25, 0.3) is 0 Å². The van der Waals surface area contributed by atoms with Crippen LogP contribution in [-0.2, 0) is 15.7 Å². The quantitative estimate of drug-likeness (QED) is 0.588. The van der Waals surface area contributed by atoms with Crippen molar-refractivity contribution in [3.05, 3.63) is 47.2 Å². The third-order valence-corrected chi connectivity index (χ3v) is 3.60. The van der Waals surface area contributed by atoms with Crippen LogP contribution in [0.5, 0.6) is 0 Å². The van der Waals surface area contributed by atoms with Gasteiger partial charge in [-0.2, -0.15) is 0 Å². The summed E-state index contributed by atoms with van der Waals surface area (Å²) in [6.07, 6.45) is 0.598. The Morgan fingerprint density at radius 2 is 2.00 bits per heavy atom. The Balaban J connectivity index is 2.69. The van der Waals surface area contributed by atoms with Gasteiger partial charge in [0.1, 0.15) is 14.0 Å². The minimum atomic E-state index is -1.81. The molecule has 0 fully saturated rings. The minimum Gasteiger partial charge on any atom is -0.390 e. The van der Waals surface area contributed by atoms with Crippen molar-refractivity contribution in [1.82, 2.24) is 0 Å². The van der Waals surface area contributed by atoms with E-state index in [0.29, 0.717) is 6.42 Å². The largest absolute Gasteiger partial charge is 0.390 e. The van der Waals surface area contributed by atoms with E-state index < -0.39 is 20.6 Å². The lowest BCUT2D eigenvalue weighted by Crippen LogP contribution is -2.28. The number of rotatable bonds is 7. The Kier molecular flexibility index (Phi) is 7.28. The Morgan fingerprint density at radius 3 is 2.53 bits per heavy atom. The summed E-state index contributed by atoms with van der Waals surface area (Å²) in [6, 6.07) is 9.59. The highest BCUT2D eigenvalue weighted by Crippen LogP contribution is 2.38. The first kappa shape index (κ1) is 16.3. The van der Waals surface area contributed by atoms with Gasteiger partial charge in [-0.1, -0.05) is 36.4 Å². The first-order valence-electron chi connectivity index (χ1n) is 5.83. The predicted octanol–water partition coefficient (Wildman–Crippen LogP) is 1.57. The van der Waals surface area contributed by atoms with Crippen LogP contribution in [0.4, 0.5) is 0 Å². The van der Waals surface area contributed by atoms with Crippen molar-refractivity contribution in [2.24, 2.45) is 0 Å². The van der Waals surface area contributed by atoms with Crippen LogP contribution in [-0.4, -0.2) is 44.3 Å². The fraction of sp³-hybridized carbons (Fsp3) is 0.385. The first-order valence-corrected chi connectivity index (χ1v) is 7.05. The molecule has 1 rings (SSSR count). The molecular formula is C13H18BO4P. The maximum absolute atomic E-state index is 10.1. The lowest BCUT2D eigenvalue weighted by atomic mass is 10.0. The molecule has 0 heterocycles. The van der Waals surface area contributed by atoms with Crippen molar-refractivity contribution in [3.63, 3.8) is 0 Å². The molecule has 0 aromatic heterocycles. The molecule has 1 aromatic rings. The topological polar surface area (TPSA) is 58.9 Å². The molecule has 0 aliphatic carbocycles. The standard InChI is InChI=1S/C13H18BO4P/c1-17-12(9-13(14)19(16)18-2)11(15)8-10-6-4-3-5-7-10/h3-7,9,11-12,15-16H,8H2,1-2H3/b13-9+/t11-,12?,19?/m0/s1. The molecule has 102 valence electrons. The van der Waals surface area contributed by atoms with Crippen molar-refractivity contribution in [1.29, 1.82) is 0 Å². The van der Waals surface area contributed by atoms with Gasteiger partial charge >= 0.3 is 0 Å². The van der Waals surface area contributed by atoms with E-state index >= 15 is 0 Å². The second-order valence-corrected chi connectivity index (χ2v) is 5.43. The lowest BCUT2D eigenvalue weighted by molar-refractivity contribution is 0.0175. The second-order valence-electron chi connectivity index (χ2n) is 4.00. The monoisotopic (exact) mass is 280 g/mol. The molecule has 0 saturated heterocycles. The molecule has 19 heavy (non-hydrogen) atoms. The molecule has 2 radical (unpaired) electrons. The van der Waals surface area contributed by atoms with E-state index in [9.17, 15) is 10.00 Å². The number of aliphatic hydroxyl groups excluding tert-OH is 1. The highest BCUT2D eigenvalue weighted by atomic mass is 31.2. The number of hydrogen-bond donors (Lipinski definition) is 2. The van der Waals surface area contributed by atoms with Gasteiger partial charge in [0.25, 0.3) is 0 Å². The molecule has 1 aromatic carbocycles. The van der Waals surface area contributed by atoms with Crippen LogP contribution < -0.4 is 0 Å². The summed E-state index contributed by atoms with van der Waals surface area (Å²) in [7, 11) is 6.70. The molecule has 0 bridgehead atoms. The van der Waals surface area contributed by atoms with Gasteiger partial charge in [-0.3, -0.25) is 0 Å². The van der Waals surface area contributed by atoms with E-state index in [1.54, 1.807) is 0 Å². The van der Waals surface area contributed by atoms with Crippen molar-refractivity contribution in [3.8, 4) is 0 Å². The number of methoxy groups -OCH3 is 1. The van der Waals surface area contributed by atoms with Crippen molar-refractivity contribution in [2.45, 2.75) is 18.6 Å². The highest BCUT2D eigenvalue weighted by molar-refractivity contribution is 7.53. The summed E-state index contributed by atoms with van der Waals surface area (Å²) >= 11 is 0. The molecule has 3 atom stereocenters. The SMILES string of the molecule is [B]/C(=C\C(OC)[C@@H](O)Cc1ccccc1)P(O)OC. The molecule has 6 heteroatoms. The number of benzene rings is 1. The first-order chi connectivity index (χ1) is 9.08. The molecule has 2 unspecified atom stereocenters. The van der Waals surface area contributed by atoms with E-state index in [4.69, 9.17) is 17.1 Å². The van der Waals surface area contributed by atoms with Crippen LogP contribution in [0.2, 0.25) is 0 Å². The Labute approximate surface area is 116 Å². The zero-order valence-corrected chi connectivity index (χ0v) is 12.0. The summed E-state index contributed by atoms with van der Waals surface area (Å²) in [4.78, 5) is 9.45. The van der Waals surface area contributed by atoms with Gasteiger partial charge < -0.3 is 19.3 Å². The third kappa shape index (κ3) is 5.43. The average molecular weight is 280 g/mol. The fourth-order valence-corrected chi connectivity index (χ4v) is 2.13. The summed E-state index contributed by atoms with van der Waals surface area (Å²) in [5.74, 6) is 0. The van der Waals surface area contributed by atoms with E-state index in [1.807, 2.05) is 30.3 Å². The molecule has 0 aliphatic rings. The Hall–Kier alpha value is -0.705. The maximum Gasteiger partial charge on any atom is 0.186 e. The van der Waals surface area contributed by atoms with Crippen molar-refractivity contribution < 1.29 is 19.3 Å². The summed E-state index contributed by atoms with van der Waals surface area (Å²) in [5.41, 5.74) is 1.00. The summed E-state index contributed by atoms with van der Waals surface area (Å²) in [6.45, 7) is 0. The van der Waals surface area contributed by atoms with Crippen LogP contribution in [0.15, 0.2) is 41.6 Å². The number of ether oxygens (including phenoxy) is 1. The smallest absolute Gasteiger partial charge is 0.186 e. The Bertz CT molecular complexity index is 399. The molecular weight excluding hydrogens is 262 g/mol. The average Bonchev–Trinajstić information content (AvgIpc) is 2.44. The molecule has 0 amide bonds. The molecule has 0 spiro atoms. The molecule has 0 saturated carbocycles. The van der Waals surface area contributed by atoms with Gasteiger partial charge in [0.05, 0.1) is 6.10 Å². The predicted molar refractivity (Wildman–Crippen MR) is 76.9 cm³/mol. The van der Waals surface area contributed by atoms with Crippen molar-refractivity contribution in [2.75, 3.05) is 14.2 Å². The highest BCUT2D eigenvalue weighted by Gasteiger charge is 2.18. The maximum atomic E-state index is 10.1. The molecule has 0 aliphatic heterocycles. The van der Waals surface area contributed by atoms with Crippen LogP contribution >= 0.6 is 8.38 Å². The lowest BCUT2D eigenvalue weighted by Gasteiger charge is -2.20. The van der Waals surface area contributed by atoms with Crippen LogP contribution in [0, 0.1) is 0 Å². The van der Waals surface area contributed by atoms with Crippen LogP contribution in [0.1, 0.15) is 5.56 Å². The van der Waals surface area contributed by atoms with Gasteiger partial charge in [-0.05, 0) is 10.8 Å². The normalized spacial score (nSPS) is 16.9. The zero-order chi connectivity index (χ0) is 14.3. The van der Waals surface area contributed by atoms with E-state index in [-0.39, 0.29) is 5.21 Å². The Morgan fingerprint density at radius 1 is 1.37 bits per heavy atom. The van der Waals surface area contributed by atoms with Gasteiger partial charge in [0.15, 0.2) is 8.38 Å². The van der Waals surface area contributed by atoms with E-state index in [1.165, 1.54) is 20.3 Å². The molecule has 2 N–H and O–H groups in total. The van der Waals surface area contributed by atoms with Gasteiger partial charge in [-0.15, -0.1) is 0 Å². The van der Waals surface area contributed by atoms with Gasteiger partial charge in [0.2, 0.25) is 0 Å². The summed E-state index contributed by atoms with van der Waals surface area (Å²) < 4.78 is 9.93. The zero-order valence-electron chi connectivity index (χ0n) is 11.1. The van der Waals surface area contributed by atoms with Crippen molar-refractivity contribution >= 4 is 16.2 Å². The van der Waals surface area contributed by atoms with Gasteiger partial charge in [-0.25, -0.2) is 0 Å². The molecule has 4 nitrogen and oxygen atoms in total. The third-order valence-electron chi connectivity index (χ3n) is 2.67. The van der Waals surface area contributed by atoms with E-state index in [2.05, 4.69) is 0 Å². The van der Waals surface area contributed by atoms with Crippen LogP contribution in [0.3, 0.4) is 0 Å². The number of hydrogen-bond acceptors (Lipinski definition) is 4. The fourth-order valence-electron chi connectivity index (χ4n) is 1.65. The van der Waals surface area contributed by atoms with E-state index in [0.717, 1.165) is 5.56 Å². The minimum absolute atomic E-state index is 0.177. The summed E-state index contributed by atoms with van der Waals surface area (Å²) in [5, 5.41) is 10.3. The van der Waals surface area contributed by atoms with Gasteiger partial charge in [0, 0.05) is 20.6 Å². The number of aliphatic hydroxyl groups is 1.